The molecule has 19 heavy (non-hydrogen) atoms. The number of methoxy groups -OCH3 is 1. The molecular formula is C14H20O4S. The number of ether oxygens (including phenoxy) is 1. The lowest BCUT2D eigenvalue weighted by Crippen LogP contribution is -2.40. The molecule has 4 nitrogen and oxygen atoms in total. The maximum atomic E-state index is 12.3. The van der Waals surface area contributed by atoms with Gasteiger partial charge in [-0.25, -0.2) is 0 Å². The zero-order valence-corrected chi connectivity index (χ0v) is 12.4. The molecule has 0 atom stereocenters. The van der Waals surface area contributed by atoms with Crippen molar-refractivity contribution in [3.8, 4) is 0 Å². The molecule has 5 heteroatoms. The third-order valence-electron chi connectivity index (χ3n) is 3.37. The van der Waals surface area contributed by atoms with E-state index in [0.717, 1.165) is 5.76 Å². The van der Waals surface area contributed by atoms with Gasteiger partial charge in [-0.05, 0) is 25.0 Å². The Morgan fingerprint density at radius 1 is 1.37 bits per heavy atom. The standard InChI is InChI=1S/C14H20O4S/c1-4-14(5-2,13(16)17-3)12(15)10-19-9-11-7-6-8-18-11/h6-8H,4-5,9-10H2,1-3H3. The SMILES string of the molecule is CCC(CC)(C(=O)CSCc1ccco1)C(=O)OC. The topological polar surface area (TPSA) is 56.5 Å². The molecule has 0 aromatic carbocycles. The van der Waals surface area contributed by atoms with E-state index in [-0.39, 0.29) is 11.5 Å². The highest BCUT2D eigenvalue weighted by Crippen LogP contribution is 2.31. The van der Waals surface area contributed by atoms with E-state index in [2.05, 4.69) is 0 Å². The van der Waals surface area contributed by atoms with Crippen molar-refractivity contribution >= 4 is 23.5 Å². The van der Waals surface area contributed by atoms with E-state index in [1.807, 2.05) is 26.0 Å². The zero-order valence-electron chi connectivity index (χ0n) is 11.6. The average molecular weight is 284 g/mol. The molecule has 0 spiro atoms. The summed E-state index contributed by atoms with van der Waals surface area (Å²) in [5, 5.41) is 0. The van der Waals surface area contributed by atoms with Gasteiger partial charge in [0.2, 0.25) is 0 Å². The van der Waals surface area contributed by atoms with Crippen LogP contribution in [0.25, 0.3) is 0 Å². The molecule has 0 radical (unpaired) electrons. The molecule has 0 bridgehead atoms. The quantitative estimate of drug-likeness (QED) is 0.542. The predicted molar refractivity (Wildman–Crippen MR) is 74.9 cm³/mol. The summed E-state index contributed by atoms with van der Waals surface area (Å²) in [6.07, 6.45) is 2.54. The first kappa shape index (κ1) is 15.8. The normalized spacial score (nSPS) is 11.3. The molecule has 0 unspecified atom stereocenters. The molecule has 106 valence electrons. The fourth-order valence-corrected chi connectivity index (χ4v) is 2.95. The van der Waals surface area contributed by atoms with Gasteiger partial charge in [0.15, 0.2) is 5.78 Å². The van der Waals surface area contributed by atoms with Gasteiger partial charge >= 0.3 is 5.97 Å². The number of ketones is 1. The number of hydrogen-bond donors (Lipinski definition) is 0. The summed E-state index contributed by atoms with van der Waals surface area (Å²) in [6.45, 7) is 3.69. The van der Waals surface area contributed by atoms with Crippen LogP contribution >= 0.6 is 11.8 Å². The number of thioether (sulfide) groups is 1. The molecule has 0 aliphatic carbocycles. The van der Waals surface area contributed by atoms with Crippen LogP contribution in [0.5, 0.6) is 0 Å². The van der Waals surface area contributed by atoms with Crippen molar-refractivity contribution in [1.82, 2.24) is 0 Å². The van der Waals surface area contributed by atoms with Gasteiger partial charge in [-0.1, -0.05) is 13.8 Å². The van der Waals surface area contributed by atoms with Crippen molar-refractivity contribution in [3.05, 3.63) is 24.2 Å². The van der Waals surface area contributed by atoms with Crippen LogP contribution in [0.3, 0.4) is 0 Å². The molecule has 0 fully saturated rings. The molecule has 0 aliphatic heterocycles. The third kappa shape index (κ3) is 3.62. The maximum Gasteiger partial charge on any atom is 0.319 e. The van der Waals surface area contributed by atoms with Gasteiger partial charge in [-0.15, -0.1) is 11.8 Å². The molecule has 1 aromatic rings. The Bertz CT molecular complexity index is 407. The van der Waals surface area contributed by atoms with Gasteiger partial charge < -0.3 is 9.15 Å². The predicted octanol–water partition coefficient (Wildman–Crippen LogP) is 3.06. The highest BCUT2D eigenvalue weighted by molar-refractivity contribution is 7.99. The monoisotopic (exact) mass is 284 g/mol. The van der Waals surface area contributed by atoms with Crippen LogP contribution in [0.15, 0.2) is 22.8 Å². The number of carbonyl (C=O) groups is 2. The second-order valence-electron chi connectivity index (χ2n) is 4.28. The van der Waals surface area contributed by atoms with E-state index in [1.165, 1.54) is 18.9 Å². The highest BCUT2D eigenvalue weighted by atomic mass is 32.2. The largest absolute Gasteiger partial charge is 0.468 e. The van der Waals surface area contributed by atoms with E-state index in [0.29, 0.717) is 18.6 Å². The lowest BCUT2D eigenvalue weighted by Gasteiger charge is -2.26. The molecule has 1 rings (SSSR count). The van der Waals surface area contributed by atoms with E-state index in [9.17, 15) is 9.59 Å². The Labute approximate surface area is 117 Å². The van der Waals surface area contributed by atoms with E-state index >= 15 is 0 Å². The van der Waals surface area contributed by atoms with Crippen LogP contribution in [0.2, 0.25) is 0 Å². The lowest BCUT2D eigenvalue weighted by atomic mass is 9.79. The summed E-state index contributed by atoms with van der Waals surface area (Å²) in [7, 11) is 1.33. The van der Waals surface area contributed by atoms with Crippen molar-refractivity contribution in [2.24, 2.45) is 5.41 Å². The fraction of sp³-hybridized carbons (Fsp3) is 0.571. The van der Waals surface area contributed by atoms with Crippen LogP contribution in [0.4, 0.5) is 0 Å². The van der Waals surface area contributed by atoms with Crippen molar-refractivity contribution in [3.63, 3.8) is 0 Å². The van der Waals surface area contributed by atoms with Gasteiger partial charge in [-0.2, -0.15) is 0 Å². The van der Waals surface area contributed by atoms with E-state index in [1.54, 1.807) is 6.26 Å². The Kier molecular flexibility index (Phi) is 6.15. The number of furan rings is 1. The van der Waals surface area contributed by atoms with Crippen molar-refractivity contribution in [2.45, 2.75) is 32.4 Å². The Balaban J connectivity index is 2.60. The molecule has 1 heterocycles. The first-order chi connectivity index (χ1) is 9.10. The van der Waals surface area contributed by atoms with Crippen LogP contribution < -0.4 is 0 Å². The van der Waals surface area contributed by atoms with E-state index in [4.69, 9.17) is 9.15 Å². The van der Waals surface area contributed by atoms with Crippen molar-refractivity contribution < 1.29 is 18.7 Å². The van der Waals surface area contributed by atoms with Gasteiger partial charge in [0.1, 0.15) is 11.2 Å². The Morgan fingerprint density at radius 3 is 2.53 bits per heavy atom. The summed E-state index contributed by atoms with van der Waals surface area (Å²) in [4.78, 5) is 24.2. The van der Waals surface area contributed by atoms with Gasteiger partial charge in [-0.3, -0.25) is 9.59 Å². The Hall–Kier alpha value is -1.23. The highest BCUT2D eigenvalue weighted by Gasteiger charge is 2.42. The second-order valence-corrected chi connectivity index (χ2v) is 5.26. The summed E-state index contributed by atoms with van der Waals surface area (Å²) in [6, 6.07) is 3.68. The first-order valence-corrected chi connectivity index (χ1v) is 7.48. The summed E-state index contributed by atoms with van der Waals surface area (Å²) >= 11 is 1.45. The van der Waals surface area contributed by atoms with Crippen LogP contribution in [0.1, 0.15) is 32.4 Å². The van der Waals surface area contributed by atoms with Crippen LogP contribution in [0, 0.1) is 5.41 Å². The number of esters is 1. The molecule has 1 aromatic heterocycles. The summed E-state index contributed by atoms with van der Waals surface area (Å²) < 4.78 is 9.98. The molecule has 0 aliphatic rings. The van der Waals surface area contributed by atoms with Crippen molar-refractivity contribution in [2.75, 3.05) is 12.9 Å². The molecule has 0 N–H and O–H groups in total. The fourth-order valence-electron chi connectivity index (χ4n) is 2.02. The molecule has 0 saturated carbocycles. The van der Waals surface area contributed by atoms with Crippen LogP contribution in [-0.2, 0) is 20.1 Å². The summed E-state index contributed by atoms with van der Waals surface area (Å²) in [5.74, 6) is 1.25. The maximum absolute atomic E-state index is 12.3. The Morgan fingerprint density at radius 2 is 2.05 bits per heavy atom. The number of hydrogen-bond acceptors (Lipinski definition) is 5. The van der Waals surface area contributed by atoms with Crippen LogP contribution in [-0.4, -0.2) is 24.6 Å². The number of rotatable bonds is 8. The lowest BCUT2D eigenvalue weighted by molar-refractivity contribution is -0.157. The third-order valence-corrected chi connectivity index (χ3v) is 4.33. The zero-order chi connectivity index (χ0) is 14.3. The number of Topliss-reactive ketones (excluding diaryl/α,β-unsaturated/α-hetero) is 1. The minimum absolute atomic E-state index is 0.0686. The molecule has 0 amide bonds. The molecule has 0 saturated heterocycles. The first-order valence-electron chi connectivity index (χ1n) is 6.32. The molecular weight excluding hydrogens is 264 g/mol. The second kappa shape index (κ2) is 7.38. The average Bonchev–Trinajstić information content (AvgIpc) is 2.93. The van der Waals surface area contributed by atoms with E-state index < -0.39 is 11.4 Å². The van der Waals surface area contributed by atoms with Gasteiger partial charge in [0.25, 0.3) is 0 Å². The minimum Gasteiger partial charge on any atom is -0.468 e. The number of carbonyl (C=O) groups excluding carboxylic acids is 2. The van der Waals surface area contributed by atoms with Crippen molar-refractivity contribution in [1.29, 1.82) is 0 Å². The van der Waals surface area contributed by atoms with Gasteiger partial charge in [0.05, 0.1) is 24.9 Å². The smallest absolute Gasteiger partial charge is 0.319 e. The van der Waals surface area contributed by atoms with Gasteiger partial charge in [0, 0.05) is 0 Å². The minimum atomic E-state index is -0.995. The summed E-state index contributed by atoms with van der Waals surface area (Å²) in [5.41, 5.74) is -0.995.